The lowest BCUT2D eigenvalue weighted by molar-refractivity contribution is 0.0941. The molecule has 0 radical (unpaired) electrons. The van der Waals surface area contributed by atoms with Crippen LogP contribution in [0.3, 0.4) is 0 Å². The molecule has 1 atom stereocenters. The molecule has 1 amide bonds. The summed E-state index contributed by atoms with van der Waals surface area (Å²) in [6.07, 6.45) is -1.11. The minimum absolute atomic E-state index is 0.118. The quantitative estimate of drug-likeness (QED) is 0.627. The van der Waals surface area contributed by atoms with E-state index in [0.717, 1.165) is 0 Å². The fourth-order valence-corrected chi connectivity index (χ4v) is 2.06. The number of hydrogen-bond donors (Lipinski definition) is 2. The first-order chi connectivity index (χ1) is 10.4. The van der Waals surface area contributed by atoms with Gasteiger partial charge in [0.1, 0.15) is 12.0 Å². The maximum Gasteiger partial charge on any atom is 0.252 e. The molecule has 0 aromatic heterocycles. The fraction of sp³-hybridized carbons (Fsp3) is 0.133. The van der Waals surface area contributed by atoms with Crippen molar-refractivity contribution in [1.82, 2.24) is 5.32 Å². The van der Waals surface area contributed by atoms with E-state index in [0.29, 0.717) is 5.56 Å². The van der Waals surface area contributed by atoms with Crippen molar-refractivity contribution in [3.63, 3.8) is 0 Å². The molecule has 2 aromatic carbocycles. The van der Waals surface area contributed by atoms with Crippen LogP contribution in [0.15, 0.2) is 54.6 Å². The monoisotopic (exact) mass is 360 g/mol. The van der Waals surface area contributed by atoms with Crippen LogP contribution >= 0.6 is 34.8 Å². The summed E-state index contributed by atoms with van der Waals surface area (Å²) < 4.78 is 11.8. The highest BCUT2D eigenvalue weighted by Gasteiger charge is 2.34. The molecule has 0 saturated heterocycles. The molecule has 0 saturated carbocycles. The molecule has 7 heteroatoms. The van der Waals surface area contributed by atoms with Crippen molar-refractivity contribution >= 4 is 46.4 Å². The van der Waals surface area contributed by atoms with Crippen molar-refractivity contribution in [3.05, 3.63) is 66.0 Å². The minimum atomic E-state index is -1.87. The molecule has 116 valence electrons. The van der Waals surface area contributed by atoms with Crippen molar-refractivity contribution in [2.75, 3.05) is 5.32 Å². The van der Waals surface area contributed by atoms with Crippen LogP contribution in [-0.4, -0.2) is 15.9 Å². The van der Waals surface area contributed by atoms with Crippen molar-refractivity contribution in [2.24, 2.45) is 0 Å². The first kappa shape index (κ1) is 16.9. The normalized spacial score (nSPS) is 12.5. The molecule has 0 bridgehead atoms. The largest absolute Gasteiger partial charge is 0.359 e. The SMILES string of the molecule is O=C(N[C@H](Nc1ccccc1F)C(Cl)(Cl)Cl)c1ccccc1. The van der Waals surface area contributed by atoms with Crippen LogP contribution in [0.25, 0.3) is 0 Å². The first-order valence-corrected chi connectivity index (χ1v) is 7.45. The number of halogens is 4. The Kier molecular flexibility index (Phi) is 5.51. The van der Waals surface area contributed by atoms with Gasteiger partial charge in [0.2, 0.25) is 3.79 Å². The molecule has 2 rings (SSSR count). The van der Waals surface area contributed by atoms with E-state index in [2.05, 4.69) is 10.6 Å². The Labute approximate surface area is 142 Å². The molecule has 0 aliphatic carbocycles. The third-order valence-corrected chi connectivity index (χ3v) is 3.47. The number of carbonyl (C=O) groups excluding carboxylic acids is 1. The molecule has 0 aliphatic heterocycles. The van der Waals surface area contributed by atoms with Crippen molar-refractivity contribution in [3.8, 4) is 0 Å². The lowest BCUT2D eigenvalue weighted by Crippen LogP contribution is -2.49. The van der Waals surface area contributed by atoms with Gasteiger partial charge in [0.15, 0.2) is 0 Å². The fourth-order valence-electron chi connectivity index (χ4n) is 1.74. The number of amides is 1. The highest BCUT2D eigenvalue weighted by Crippen LogP contribution is 2.31. The molecular formula is C15H12Cl3FN2O. The first-order valence-electron chi connectivity index (χ1n) is 6.31. The van der Waals surface area contributed by atoms with Crippen molar-refractivity contribution < 1.29 is 9.18 Å². The van der Waals surface area contributed by atoms with Gasteiger partial charge in [-0.05, 0) is 24.3 Å². The van der Waals surface area contributed by atoms with Gasteiger partial charge in [-0.3, -0.25) is 4.79 Å². The van der Waals surface area contributed by atoms with E-state index in [4.69, 9.17) is 34.8 Å². The van der Waals surface area contributed by atoms with E-state index in [-0.39, 0.29) is 5.69 Å². The van der Waals surface area contributed by atoms with Crippen LogP contribution < -0.4 is 10.6 Å². The molecule has 0 heterocycles. The average molecular weight is 362 g/mol. The van der Waals surface area contributed by atoms with Gasteiger partial charge in [-0.2, -0.15) is 0 Å². The van der Waals surface area contributed by atoms with Crippen LogP contribution in [0.1, 0.15) is 10.4 Å². The van der Waals surface area contributed by atoms with Crippen LogP contribution in [0.4, 0.5) is 10.1 Å². The number of rotatable bonds is 4. The molecular weight excluding hydrogens is 350 g/mol. The van der Waals surface area contributed by atoms with Crippen LogP contribution in [0.5, 0.6) is 0 Å². The van der Waals surface area contributed by atoms with Gasteiger partial charge in [0, 0.05) is 5.56 Å². The number of nitrogens with one attached hydrogen (secondary N) is 2. The Balaban J connectivity index is 2.18. The predicted molar refractivity (Wildman–Crippen MR) is 88.0 cm³/mol. The highest BCUT2D eigenvalue weighted by molar-refractivity contribution is 6.68. The summed E-state index contributed by atoms with van der Waals surface area (Å²) in [4.78, 5) is 12.2. The number of hydrogen-bond acceptors (Lipinski definition) is 2. The second kappa shape index (κ2) is 7.18. The van der Waals surface area contributed by atoms with Gasteiger partial charge in [0.25, 0.3) is 5.91 Å². The lowest BCUT2D eigenvalue weighted by atomic mass is 10.2. The van der Waals surface area contributed by atoms with Gasteiger partial charge in [-0.25, -0.2) is 4.39 Å². The van der Waals surface area contributed by atoms with Gasteiger partial charge >= 0.3 is 0 Å². The van der Waals surface area contributed by atoms with E-state index in [1.165, 1.54) is 18.2 Å². The Hall–Kier alpha value is -1.49. The minimum Gasteiger partial charge on any atom is -0.359 e. The Bertz CT molecular complexity index is 647. The van der Waals surface area contributed by atoms with E-state index in [1.54, 1.807) is 36.4 Å². The maximum absolute atomic E-state index is 13.7. The van der Waals surface area contributed by atoms with Crippen LogP contribution in [-0.2, 0) is 0 Å². The Morgan fingerprint density at radius 3 is 2.18 bits per heavy atom. The van der Waals surface area contributed by atoms with Gasteiger partial charge < -0.3 is 10.6 Å². The molecule has 2 aromatic rings. The van der Waals surface area contributed by atoms with Gasteiger partial charge in [0.05, 0.1) is 5.69 Å². The average Bonchev–Trinajstić information content (AvgIpc) is 2.48. The lowest BCUT2D eigenvalue weighted by Gasteiger charge is -2.27. The summed E-state index contributed by atoms with van der Waals surface area (Å²) in [5, 5.41) is 5.22. The zero-order valence-corrected chi connectivity index (χ0v) is 13.5. The predicted octanol–water partition coefficient (Wildman–Crippen LogP) is 4.36. The number of para-hydroxylation sites is 1. The zero-order chi connectivity index (χ0) is 16.2. The molecule has 0 aliphatic rings. The summed E-state index contributed by atoms with van der Waals surface area (Å²) in [6.45, 7) is 0. The summed E-state index contributed by atoms with van der Waals surface area (Å²) >= 11 is 17.6. The smallest absolute Gasteiger partial charge is 0.252 e. The molecule has 2 N–H and O–H groups in total. The van der Waals surface area contributed by atoms with Gasteiger partial charge in [-0.1, -0.05) is 65.1 Å². The number of carbonyl (C=O) groups is 1. The summed E-state index contributed by atoms with van der Waals surface area (Å²) in [5.74, 6) is -0.962. The third-order valence-electron chi connectivity index (χ3n) is 2.81. The van der Waals surface area contributed by atoms with Gasteiger partial charge in [-0.15, -0.1) is 0 Å². The number of alkyl halides is 3. The van der Waals surface area contributed by atoms with Crippen molar-refractivity contribution in [1.29, 1.82) is 0 Å². The van der Waals surface area contributed by atoms with E-state index in [1.807, 2.05) is 0 Å². The van der Waals surface area contributed by atoms with Crippen molar-refractivity contribution in [2.45, 2.75) is 9.96 Å². The molecule has 3 nitrogen and oxygen atoms in total. The van der Waals surface area contributed by atoms with Crippen LogP contribution in [0, 0.1) is 5.82 Å². The van der Waals surface area contributed by atoms with E-state index < -0.39 is 21.7 Å². The summed E-state index contributed by atoms with van der Waals surface area (Å²) in [7, 11) is 0. The van der Waals surface area contributed by atoms with E-state index >= 15 is 0 Å². The molecule has 22 heavy (non-hydrogen) atoms. The topological polar surface area (TPSA) is 41.1 Å². The second-order valence-corrected chi connectivity index (χ2v) is 6.81. The second-order valence-electron chi connectivity index (χ2n) is 4.44. The molecule has 0 spiro atoms. The molecule has 0 unspecified atom stereocenters. The van der Waals surface area contributed by atoms with E-state index in [9.17, 15) is 9.18 Å². The van der Waals surface area contributed by atoms with Crippen LogP contribution in [0.2, 0.25) is 0 Å². The number of anilines is 1. The maximum atomic E-state index is 13.7. The summed E-state index contributed by atoms with van der Waals surface area (Å²) in [6, 6.07) is 14.3. The standard InChI is InChI=1S/C15H12Cl3FN2O/c16-15(17,18)14(20-12-9-5-4-8-11(12)19)21-13(22)10-6-2-1-3-7-10/h1-9,14,20H,(H,21,22)/t14-/m0/s1. The highest BCUT2D eigenvalue weighted by atomic mass is 35.6. The zero-order valence-electron chi connectivity index (χ0n) is 11.2. The Morgan fingerprint density at radius 1 is 1.00 bits per heavy atom. The third kappa shape index (κ3) is 4.50. The number of benzene rings is 2. The molecule has 0 fully saturated rings. The summed E-state index contributed by atoms with van der Waals surface area (Å²) in [5.41, 5.74) is 0.518. The Morgan fingerprint density at radius 2 is 1.59 bits per heavy atom.